The van der Waals surface area contributed by atoms with Crippen LogP contribution in [0.1, 0.15) is 49.3 Å². The van der Waals surface area contributed by atoms with E-state index in [4.69, 9.17) is 16.6 Å². The van der Waals surface area contributed by atoms with E-state index in [2.05, 4.69) is 14.5 Å². The Morgan fingerprint density at radius 3 is 2.75 bits per heavy atom. The number of aromatic amines is 1. The molecule has 6 rings (SSSR count). The molecule has 1 fully saturated rings. The number of likely N-dealkylation sites (tertiary alicyclic amines) is 1. The maximum atomic E-state index is 12.9. The van der Waals surface area contributed by atoms with Crippen molar-refractivity contribution in [1.29, 1.82) is 0 Å². The van der Waals surface area contributed by atoms with Crippen LogP contribution in [0.15, 0.2) is 29.3 Å². The maximum Gasteiger partial charge on any atom is 0.223 e. The minimum absolute atomic E-state index is 0.00183. The molecule has 2 aromatic heterocycles. The molecule has 10 heteroatoms. The predicted molar refractivity (Wildman–Crippen MR) is 139 cm³/mol. The Balaban J connectivity index is 1.03. The largest absolute Gasteiger partial charge is 0.346 e. The van der Waals surface area contributed by atoms with Crippen molar-refractivity contribution in [1.82, 2.24) is 24.3 Å². The van der Waals surface area contributed by atoms with Crippen molar-refractivity contribution in [3.05, 3.63) is 46.5 Å². The van der Waals surface area contributed by atoms with Crippen LogP contribution < -0.4 is 0 Å². The van der Waals surface area contributed by atoms with Crippen LogP contribution in [0.4, 0.5) is 0 Å². The van der Waals surface area contributed by atoms with E-state index in [1.54, 1.807) is 24.3 Å². The van der Waals surface area contributed by atoms with E-state index in [1.165, 1.54) is 30.1 Å². The van der Waals surface area contributed by atoms with Gasteiger partial charge in [-0.1, -0.05) is 11.6 Å². The molecule has 1 aromatic carbocycles. The van der Waals surface area contributed by atoms with Gasteiger partial charge in [0.05, 0.1) is 17.1 Å². The summed E-state index contributed by atoms with van der Waals surface area (Å²) >= 11 is 6.02. The second kappa shape index (κ2) is 9.50. The van der Waals surface area contributed by atoms with Gasteiger partial charge >= 0.3 is 0 Å². The highest BCUT2D eigenvalue weighted by molar-refractivity contribution is 7.91. The summed E-state index contributed by atoms with van der Waals surface area (Å²) in [5.41, 5.74) is 3.40. The Morgan fingerprint density at radius 1 is 1.08 bits per heavy atom. The van der Waals surface area contributed by atoms with Crippen LogP contribution in [0.2, 0.25) is 5.02 Å². The van der Waals surface area contributed by atoms with Crippen molar-refractivity contribution < 1.29 is 13.2 Å². The summed E-state index contributed by atoms with van der Waals surface area (Å²) in [7, 11) is -3.59. The Labute approximate surface area is 216 Å². The number of nitrogens with zero attached hydrogens (tertiary/aromatic N) is 4. The number of rotatable bonds is 5. The van der Waals surface area contributed by atoms with Crippen LogP contribution in [-0.2, 0) is 40.6 Å². The number of amides is 1. The second-order valence-corrected chi connectivity index (χ2v) is 12.8. The summed E-state index contributed by atoms with van der Waals surface area (Å²) in [4.78, 5) is 25.1. The van der Waals surface area contributed by atoms with Gasteiger partial charge < -0.3 is 14.5 Å². The fraction of sp³-hybridized carbons (Fsp3) is 0.538. The van der Waals surface area contributed by atoms with Crippen molar-refractivity contribution in [3.8, 4) is 0 Å². The molecule has 0 spiro atoms. The third kappa shape index (κ3) is 4.57. The Morgan fingerprint density at radius 2 is 1.92 bits per heavy atom. The molecular formula is C26H32ClN5O3S. The van der Waals surface area contributed by atoms with Gasteiger partial charge in [-0.25, -0.2) is 13.4 Å². The average molecular weight is 530 g/mol. The van der Waals surface area contributed by atoms with Crippen LogP contribution in [-0.4, -0.2) is 70.1 Å². The molecule has 0 unspecified atom stereocenters. The Hall–Kier alpha value is -2.36. The van der Waals surface area contributed by atoms with E-state index in [0.29, 0.717) is 29.7 Å². The minimum atomic E-state index is -3.59. The fourth-order valence-electron chi connectivity index (χ4n) is 6.02. The smallest absolute Gasteiger partial charge is 0.223 e. The lowest BCUT2D eigenvalue weighted by Gasteiger charge is -2.40. The van der Waals surface area contributed by atoms with Crippen molar-refractivity contribution in [2.24, 2.45) is 0 Å². The molecule has 8 nitrogen and oxygen atoms in total. The zero-order valence-electron chi connectivity index (χ0n) is 20.4. The third-order valence-corrected chi connectivity index (χ3v) is 9.93. The van der Waals surface area contributed by atoms with Gasteiger partial charge in [0.15, 0.2) is 9.84 Å². The Bertz CT molecular complexity index is 1400. The number of piperidine rings is 1. The van der Waals surface area contributed by atoms with Crippen LogP contribution in [0.3, 0.4) is 0 Å². The molecule has 0 aliphatic carbocycles. The van der Waals surface area contributed by atoms with Gasteiger partial charge in [-0.15, -0.1) is 0 Å². The molecule has 5 heterocycles. The van der Waals surface area contributed by atoms with Gasteiger partial charge in [-0.2, -0.15) is 0 Å². The molecule has 0 bridgehead atoms. The molecule has 0 atom stereocenters. The molecule has 192 valence electrons. The number of sulfone groups is 1. The molecule has 1 amide bonds. The van der Waals surface area contributed by atoms with Crippen LogP contribution >= 0.6 is 11.6 Å². The number of imidazole rings is 1. The van der Waals surface area contributed by atoms with E-state index in [-0.39, 0.29) is 23.1 Å². The van der Waals surface area contributed by atoms with Gasteiger partial charge in [0.25, 0.3) is 0 Å². The van der Waals surface area contributed by atoms with Gasteiger partial charge in [0, 0.05) is 74.0 Å². The number of H-pyrrole nitrogens is 1. The van der Waals surface area contributed by atoms with Gasteiger partial charge in [0.2, 0.25) is 5.91 Å². The summed E-state index contributed by atoms with van der Waals surface area (Å²) in [6.45, 7) is 4.43. The SMILES string of the molecule is O=C(CCS(=O)(=O)c1cc2cc(Cl)ccc2[nH]1)N1CCC(N2CCc3nc4n(c3C2)CCCC4)CC1. The van der Waals surface area contributed by atoms with E-state index in [0.717, 1.165) is 50.7 Å². The number of hydrogen-bond acceptors (Lipinski definition) is 5. The van der Waals surface area contributed by atoms with Crippen LogP contribution in [0.25, 0.3) is 10.9 Å². The van der Waals surface area contributed by atoms with Crippen molar-refractivity contribution >= 4 is 38.2 Å². The topological polar surface area (TPSA) is 91.3 Å². The third-order valence-electron chi connectivity index (χ3n) is 8.07. The quantitative estimate of drug-likeness (QED) is 0.545. The maximum absolute atomic E-state index is 12.9. The first kappa shape index (κ1) is 24.0. The zero-order valence-corrected chi connectivity index (χ0v) is 22.0. The lowest BCUT2D eigenvalue weighted by molar-refractivity contribution is -0.132. The number of halogens is 1. The Kier molecular flexibility index (Phi) is 6.34. The standard InChI is InChI=1S/C26H32ClN5O3S/c27-19-4-5-21-18(15-19)16-25(29-21)36(34,35)14-9-26(33)30-11-6-20(7-12-30)31-13-8-22-23(17-31)32-10-2-1-3-24(32)28-22/h4-5,15-16,20,29H,1-3,6-14,17H2. The van der Waals surface area contributed by atoms with Crippen molar-refractivity contribution in [3.63, 3.8) is 0 Å². The van der Waals surface area contributed by atoms with Gasteiger partial charge in [0.1, 0.15) is 10.9 Å². The van der Waals surface area contributed by atoms with Crippen molar-refractivity contribution in [2.75, 3.05) is 25.4 Å². The highest BCUT2D eigenvalue weighted by Gasteiger charge is 2.32. The average Bonchev–Trinajstić information content (AvgIpc) is 3.48. The molecule has 0 saturated carbocycles. The summed E-state index contributed by atoms with van der Waals surface area (Å²) in [6.07, 6.45) is 6.43. The lowest BCUT2D eigenvalue weighted by Crippen LogP contribution is -2.48. The molecule has 1 N–H and O–H groups in total. The number of carbonyl (C=O) groups is 1. The summed E-state index contributed by atoms with van der Waals surface area (Å²) < 4.78 is 28.2. The number of benzene rings is 1. The van der Waals surface area contributed by atoms with Crippen LogP contribution in [0.5, 0.6) is 0 Å². The molecule has 1 saturated heterocycles. The predicted octanol–water partition coefficient (Wildman–Crippen LogP) is 3.57. The molecule has 3 aliphatic rings. The summed E-state index contributed by atoms with van der Waals surface area (Å²) in [5, 5.41) is 1.44. The molecule has 3 aromatic rings. The van der Waals surface area contributed by atoms with E-state index in [1.807, 2.05) is 4.90 Å². The molecule has 3 aliphatic heterocycles. The van der Waals surface area contributed by atoms with E-state index >= 15 is 0 Å². The monoisotopic (exact) mass is 529 g/mol. The highest BCUT2D eigenvalue weighted by Crippen LogP contribution is 2.29. The number of hydrogen-bond donors (Lipinski definition) is 1. The second-order valence-electron chi connectivity index (χ2n) is 10.3. The van der Waals surface area contributed by atoms with Crippen LogP contribution in [0, 0.1) is 0 Å². The number of carbonyl (C=O) groups excluding carboxylic acids is 1. The lowest BCUT2D eigenvalue weighted by atomic mass is 9.99. The first-order valence-electron chi connectivity index (χ1n) is 13.0. The first-order chi connectivity index (χ1) is 17.4. The molecule has 36 heavy (non-hydrogen) atoms. The van der Waals surface area contributed by atoms with E-state index in [9.17, 15) is 13.2 Å². The van der Waals surface area contributed by atoms with Gasteiger partial charge in [-0.3, -0.25) is 9.69 Å². The summed E-state index contributed by atoms with van der Waals surface area (Å²) in [5.74, 6) is 0.981. The van der Waals surface area contributed by atoms with Crippen molar-refractivity contribution in [2.45, 2.75) is 69.1 Å². The number of aryl methyl sites for hydroxylation is 1. The summed E-state index contributed by atoms with van der Waals surface area (Å²) in [6, 6.07) is 7.26. The highest BCUT2D eigenvalue weighted by atomic mass is 35.5. The zero-order chi connectivity index (χ0) is 24.9. The normalized spacial score (nSPS) is 19.4. The minimum Gasteiger partial charge on any atom is -0.346 e. The van der Waals surface area contributed by atoms with E-state index < -0.39 is 9.84 Å². The molecule has 0 radical (unpaired) electrons. The first-order valence-corrected chi connectivity index (χ1v) is 15.0. The van der Waals surface area contributed by atoms with Gasteiger partial charge in [-0.05, 0) is 49.9 Å². The number of aromatic nitrogens is 3. The molecular weight excluding hydrogens is 498 g/mol. The fourth-order valence-corrected chi connectivity index (χ4v) is 7.44. The number of fused-ring (bicyclic) bond motifs is 4. The number of nitrogens with one attached hydrogen (secondary N) is 1.